The van der Waals surface area contributed by atoms with E-state index in [0.29, 0.717) is 17.9 Å². The fraction of sp³-hybridized carbons (Fsp3) is 0.412. The Kier molecular flexibility index (Phi) is 6.24. The molecule has 2 aromatic rings. The lowest BCUT2D eigenvalue weighted by Crippen LogP contribution is -2.31. The van der Waals surface area contributed by atoms with Gasteiger partial charge in [0.25, 0.3) is 0 Å². The van der Waals surface area contributed by atoms with Crippen molar-refractivity contribution in [3.63, 3.8) is 0 Å². The highest BCUT2D eigenvalue weighted by molar-refractivity contribution is 5.99. The van der Waals surface area contributed by atoms with Crippen molar-refractivity contribution in [2.75, 3.05) is 24.2 Å². The fourth-order valence-electron chi connectivity index (χ4n) is 2.43. The molecule has 0 aliphatic rings. The average Bonchev–Trinajstić information content (AvgIpc) is 2.96. The second kappa shape index (κ2) is 8.39. The van der Waals surface area contributed by atoms with Crippen molar-refractivity contribution in [3.05, 3.63) is 36.4 Å². The van der Waals surface area contributed by atoms with E-state index in [0.717, 1.165) is 5.82 Å². The fourth-order valence-corrected chi connectivity index (χ4v) is 2.43. The Hall–Kier alpha value is -2.74. The highest BCUT2D eigenvalue weighted by atomic mass is 16.2. The molecule has 2 rings (SSSR count). The standard InChI is InChI=1S/C17H24N6O2/c1-12(2)23-11-18-21-16(23)9-22(4)10-17(25)20-15-8-6-5-7-14(15)19-13(3)24/h5-8,11-12H,9-10H2,1-4H3,(H,19,24)(H,20,25). The number of rotatable bonds is 7. The largest absolute Gasteiger partial charge is 0.325 e. The number of para-hydroxylation sites is 2. The Bertz CT molecular complexity index is 740. The van der Waals surface area contributed by atoms with Crippen LogP contribution >= 0.6 is 0 Å². The molecule has 0 bridgehead atoms. The lowest BCUT2D eigenvalue weighted by Gasteiger charge is -2.18. The van der Waals surface area contributed by atoms with Gasteiger partial charge in [-0.1, -0.05) is 12.1 Å². The van der Waals surface area contributed by atoms with Gasteiger partial charge in [0.05, 0.1) is 24.5 Å². The third-order valence-electron chi connectivity index (χ3n) is 3.54. The van der Waals surface area contributed by atoms with Crippen molar-refractivity contribution in [1.82, 2.24) is 19.7 Å². The number of nitrogens with zero attached hydrogens (tertiary/aromatic N) is 4. The van der Waals surface area contributed by atoms with Gasteiger partial charge in [0.2, 0.25) is 11.8 Å². The first kappa shape index (κ1) is 18.6. The maximum absolute atomic E-state index is 12.3. The number of benzene rings is 1. The second-order valence-electron chi connectivity index (χ2n) is 6.20. The van der Waals surface area contributed by atoms with Crippen molar-refractivity contribution in [2.24, 2.45) is 0 Å². The Morgan fingerprint density at radius 3 is 2.44 bits per heavy atom. The van der Waals surface area contributed by atoms with Gasteiger partial charge in [0, 0.05) is 13.0 Å². The van der Waals surface area contributed by atoms with Crippen molar-refractivity contribution >= 4 is 23.2 Å². The smallest absolute Gasteiger partial charge is 0.238 e. The molecule has 1 aromatic heterocycles. The number of carbonyl (C=O) groups is 2. The molecule has 0 spiro atoms. The van der Waals surface area contributed by atoms with Crippen LogP contribution in [-0.4, -0.2) is 45.1 Å². The minimum absolute atomic E-state index is 0.170. The third kappa shape index (κ3) is 5.39. The topological polar surface area (TPSA) is 92.2 Å². The number of likely N-dealkylation sites (N-methyl/N-ethyl adjacent to an activating group) is 1. The van der Waals surface area contributed by atoms with Crippen molar-refractivity contribution in [1.29, 1.82) is 0 Å². The van der Waals surface area contributed by atoms with E-state index in [1.54, 1.807) is 30.6 Å². The summed E-state index contributed by atoms with van der Waals surface area (Å²) in [4.78, 5) is 25.4. The molecular weight excluding hydrogens is 320 g/mol. The van der Waals surface area contributed by atoms with Crippen LogP contribution in [0.3, 0.4) is 0 Å². The monoisotopic (exact) mass is 344 g/mol. The minimum atomic E-state index is -0.188. The van der Waals surface area contributed by atoms with E-state index >= 15 is 0 Å². The van der Waals surface area contributed by atoms with Crippen molar-refractivity contribution in [3.8, 4) is 0 Å². The molecule has 8 nitrogen and oxygen atoms in total. The normalized spacial score (nSPS) is 11.0. The zero-order valence-electron chi connectivity index (χ0n) is 15.0. The van der Waals surface area contributed by atoms with Gasteiger partial charge < -0.3 is 15.2 Å². The molecule has 0 radical (unpaired) electrons. The molecule has 0 saturated carbocycles. The highest BCUT2D eigenvalue weighted by Crippen LogP contribution is 2.20. The van der Waals surface area contributed by atoms with Crippen LogP contribution in [0.15, 0.2) is 30.6 Å². The zero-order chi connectivity index (χ0) is 18.4. The van der Waals surface area contributed by atoms with Gasteiger partial charge in [-0.3, -0.25) is 14.5 Å². The van der Waals surface area contributed by atoms with Crippen LogP contribution in [-0.2, 0) is 16.1 Å². The Morgan fingerprint density at radius 2 is 1.84 bits per heavy atom. The van der Waals surface area contributed by atoms with Gasteiger partial charge in [-0.15, -0.1) is 10.2 Å². The van der Waals surface area contributed by atoms with Crippen LogP contribution in [0.25, 0.3) is 0 Å². The summed E-state index contributed by atoms with van der Waals surface area (Å²) in [6, 6.07) is 7.35. The summed E-state index contributed by atoms with van der Waals surface area (Å²) >= 11 is 0. The third-order valence-corrected chi connectivity index (χ3v) is 3.54. The molecular formula is C17H24N6O2. The molecule has 0 aliphatic carbocycles. The van der Waals surface area contributed by atoms with Gasteiger partial charge in [-0.05, 0) is 33.0 Å². The Balaban J connectivity index is 1.96. The van der Waals surface area contributed by atoms with E-state index in [9.17, 15) is 9.59 Å². The van der Waals surface area contributed by atoms with Crippen molar-refractivity contribution < 1.29 is 9.59 Å². The number of hydrogen-bond acceptors (Lipinski definition) is 5. The molecule has 2 N–H and O–H groups in total. The molecule has 25 heavy (non-hydrogen) atoms. The number of anilines is 2. The summed E-state index contributed by atoms with van der Waals surface area (Å²) in [5.41, 5.74) is 1.15. The van der Waals surface area contributed by atoms with Crippen LogP contribution in [0.5, 0.6) is 0 Å². The number of amides is 2. The first-order chi connectivity index (χ1) is 11.9. The van der Waals surface area contributed by atoms with Gasteiger partial charge in [-0.25, -0.2) is 0 Å². The molecule has 0 fully saturated rings. The van der Waals surface area contributed by atoms with Gasteiger partial charge in [-0.2, -0.15) is 0 Å². The zero-order valence-corrected chi connectivity index (χ0v) is 15.0. The maximum Gasteiger partial charge on any atom is 0.238 e. The van der Waals surface area contributed by atoms with Gasteiger partial charge in [0.1, 0.15) is 12.2 Å². The molecule has 0 atom stereocenters. The van der Waals surface area contributed by atoms with E-state index in [-0.39, 0.29) is 24.4 Å². The predicted molar refractivity (Wildman–Crippen MR) is 96.1 cm³/mol. The summed E-state index contributed by atoms with van der Waals surface area (Å²) in [7, 11) is 1.85. The van der Waals surface area contributed by atoms with Gasteiger partial charge in [0.15, 0.2) is 0 Å². The summed E-state index contributed by atoms with van der Waals surface area (Å²) in [6.45, 7) is 6.24. The maximum atomic E-state index is 12.3. The SMILES string of the molecule is CC(=O)Nc1ccccc1NC(=O)CN(C)Cc1nncn1C(C)C. The number of carbonyl (C=O) groups excluding carboxylic acids is 2. The number of nitrogens with one attached hydrogen (secondary N) is 2. The molecule has 0 unspecified atom stereocenters. The summed E-state index contributed by atoms with van der Waals surface area (Å²) in [5.74, 6) is 0.451. The highest BCUT2D eigenvalue weighted by Gasteiger charge is 2.14. The van der Waals surface area contributed by atoms with E-state index in [1.165, 1.54) is 6.92 Å². The molecule has 0 saturated heterocycles. The molecule has 1 aromatic carbocycles. The summed E-state index contributed by atoms with van der Waals surface area (Å²) in [5, 5.41) is 13.6. The lowest BCUT2D eigenvalue weighted by molar-refractivity contribution is -0.117. The second-order valence-corrected chi connectivity index (χ2v) is 6.20. The Labute approximate surface area is 147 Å². The molecule has 134 valence electrons. The van der Waals surface area contributed by atoms with Crippen LogP contribution in [0.1, 0.15) is 32.6 Å². The van der Waals surface area contributed by atoms with Crippen LogP contribution in [0.2, 0.25) is 0 Å². The Morgan fingerprint density at radius 1 is 1.20 bits per heavy atom. The van der Waals surface area contributed by atoms with E-state index in [1.807, 2.05) is 16.5 Å². The van der Waals surface area contributed by atoms with Crippen LogP contribution < -0.4 is 10.6 Å². The molecule has 8 heteroatoms. The van der Waals surface area contributed by atoms with E-state index in [4.69, 9.17) is 0 Å². The molecule has 2 amide bonds. The van der Waals surface area contributed by atoms with E-state index in [2.05, 4.69) is 34.7 Å². The lowest BCUT2D eigenvalue weighted by atomic mass is 10.2. The first-order valence-corrected chi connectivity index (χ1v) is 8.10. The van der Waals surface area contributed by atoms with Crippen molar-refractivity contribution in [2.45, 2.75) is 33.4 Å². The summed E-state index contributed by atoms with van der Waals surface area (Å²) in [6.07, 6.45) is 1.69. The summed E-state index contributed by atoms with van der Waals surface area (Å²) < 4.78 is 1.97. The predicted octanol–water partition coefficient (Wildman–Crippen LogP) is 1.89. The number of aromatic nitrogens is 3. The van der Waals surface area contributed by atoms with Crippen LogP contribution in [0, 0.1) is 0 Å². The minimum Gasteiger partial charge on any atom is -0.325 e. The first-order valence-electron chi connectivity index (χ1n) is 8.10. The molecule has 0 aliphatic heterocycles. The van der Waals surface area contributed by atoms with Gasteiger partial charge >= 0.3 is 0 Å². The quantitative estimate of drug-likeness (QED) is 0.800. The van der Waals surface area contributed by atoms with Crippen LogP contribution in [0.4, 0.5) is 11.4 Å². The number of hydrogen-bond donors (Lipinski definition) is 2. The average molecular weight is 344 g/mol. The van der Waals surface area contributed by atoms with E-state index < -0.39 is 0 Å². The molecule has 1 heterocycles.